The third-order valence-corrected chi connectivity index (χ3v) is 3.82. The van der Waals surface area contributed by atoms with Gasteiger partial charge in [-0.15, -0.1) is 0 Å². The van der Waals surface area contributed by atoms with Gasteiger partial charge in [0.25, 0.3) is 0 Å². The summed E-state index contributed by atoms with van der Waals surface area (Å²) in [6.07, 6.45) is 2.63. The lowest BCUT2D eigenvalue weighted by molar-refractivity contribution is -0.139. The van der Waals surface area contributed by atoms with Crippen molar-refractivity contribution in [2.45, 2.75) is 45.3 Å². The van der Waals surface area contributed by atoms with Gasteiger partial charge in [-0.3, -0.25) is 4.79 Å². The first-order valence-corrected chi connectivity index (χ1v) is 7.63. The third kappa shape index (κ3) is 4.11. The number of anilines is 1. The minimum absolute atomic E-state index is 0.242. The maximum absolute atomic E-state index is 10.9. The first kappa shape index (κ1) is 15.6. The number of benzene rings is 1. The molecule has 0 aliphatic carbocycles. The van der Waals surface area contributed by atoms with E-state index in [0.29, 0.717) is 13.0 Å². The standard InChI is InChI=1S/C16H24N2O3/c1-3-12-10-18-14-9-11(5-6-15(14)21-12)7-8-17-13(4-2)16(19)20/h5-6,9,12-13,17-18H,3-4,7-8,10H2,1-2H3,(H,19,20). The van der Waals surface area contributed by atoms with Crippen LogP contribution in [0, 0.1) is 0 Å². The Morgan fingerprint density at radius 3 is 3.00 bits per heavy atom. The predicted octanol–water partition coefficient (Wildman–Crippen LogP) is 2.26. The van der Waals surface area contributed by atoms with Crippen LogP contribution in [0.4, 0.5) is 5.69 Å². The van der Waals surface area contributed by atoms with E-state index in [0.717, 1.165) is 30.8 Å². The number of nitrogens with one attached hydrogen (secondary N) is 2. The van der Waals surface area contributed by atoms with Gasteiger partial charge in [-0.2, -0.15) is 0 Å². The molecule has 0 aromatic heterocycles. The van der Waals surface area contributed by atoms with Crippen molar-refractivity contribution in [3.05, 3.63) is 23.8 Å². The molecule has 1 aliphatic rings. The van der Waals surface area contributed by atoms with Crippen molar-refractivity contribution in [3.8, 4) is 5.75 Å². The van der Waals surface area contributed by atoms with Crippen LogP contribution in [-0.4, -0.2) is 36.3 Å². The molecule has 21 heavy (non-hydrogen) atoms. The Labute approximate surface area is 125 Å². The number of carbonyl (C=O) groups is 1. The monoisotopic (exact) mass is 292 g/mol. The molecule has 0 radical (unpaired) electrons. The molecule has 5 nitrogen and oxygen atoms in total. The largest absolute Gasteiger partial charge is 0.486 e. The number of rotatable bonds is 7. The van der Waals surface area contributed by atoms with Gasteiger partial charge in [0.15, 0.2) is 0 Å². The molecule has 0 fully saturated rings. The molecule has 2 unspecified atom stereocenters. The highest BCUT2D eigenvalue weighted by atomic mass is 16.5. The second kappa shape index (κ2) is 7.31. The van der Waals surface area contributed by atoms with Crippen molar-refractivity contribution in [2.75, 3.05) is 18.4 Å². The molecule has 1 heterocycles. The normalized spacial score (nSPS) is 18.3. The fraction of sp³-hybridized carbons (Fsp3) is 0.562. The van der Waals surface area contributed by atoms with Crippen molar-refractivity contribution in [1.82, 2.24) is 5.32 Å². The Hall–Kier alpha value is -1.75. The smallest absolute Gasteiger partial charge is 0.320 e. The molecule has 1 aliphatic heterocycles. The van der Waals surface area contributed by atoms with Crippen molar-refractivity contribution < 1.29 is 14.6 Å². The van der Waals surface area contributed by atoms with Crippen LogP contribution in [0.2, 0.25) is 0 Å². The van der Waals surface area contributed by atoms with Crippen molar-refractivity contribution in [2.24, 2.45) is 0 Å². The lowest BCUT2D eigenvalue weighted by Crippen LogP contribution is -2.37. The van der Waals surface area contributed by atoms with E-state index in [1.165, 1.54) is 5.56 Å². The van der Waals surface area contributed by atoms with Crippen molar-refractivity contribution in [3.63, 3.8) is 0 Å². The van der Waals surface area contributed by atoms with Gasteiger partial charge in [-0.05, 0) is 43.5 Å². The minimum atomic E-state index is -0.788. The average molecular weight is 292 g/mol. The van der Waals surface area contributed by atoms with E-state index in [9.17, 15) is 4.79 Å². The van der Waals surface area contributed by atoms with E-state index in [4.69, 9.17) is 9.84 Å². The maximum atomic E-state index is 10.9. The average Bonchev–Trinajstić information content (AvgIpc) is 2.50. The number of carboxylic acids is 1. The molecule has 1 aromatic carbocycles. The quantitative estimate of drug-likeness (QED) is 0.719. The molecule has 0 saturated carbocycles. The summed E-state index contributed by atoms with van der Waals surface area (Å²) >= 11 is 0. The van der Waals surface area contributed by atoms with Crippen LogP contribution in [0.25, 0.3) is 0 Å². The van der Waals surface area contributed by atoms with Crippen LogP contribution in [0.5, 0.6) is 5.75 Å². The lowest BCUT2D eigenvalue weighted by atomic mass is 10.1. The second-order valence-corrected chi connectivity index (χ2v) is 5.36. The highest BCUT2D eigenvalue weighted by molar-refractivity contribution is 5.73. The van der Waals surface area contributed by atoms with Crippen molar-refractivity contribution >= 4 is 11.7 Å². The zero-order valence-electron chi connectivity index (χ0n) is 12.7. The summed E-state index contributed by atoms with van der Waals surface area (Å²) in [5.41, 5.74) is 2.20. The van der Waals surface area contributed by atoms with E-state index >= 15 is 0 Å². The topological polar surface area (TPSA) is 70.6 Å². The zero-order chi connectivity index (χ0) is 15.2. The maximum Gasteiger partial charge on any atom is 0.320 e. The lowest BCUT2D eigenvalue weighted by Gasteiger charge is -2.27. The summed E-state index contributed by atoms with van der Waals surface area (Å²) < 4.78 is 5.87. The molecule has 0 bridgehead atoms. The molecule has 1 aromatic rings. The van der Waals surface area contributed by atoms with Crippen molar-refractivity contribution in [1.29, 1.82) is 0 Å². The fourth-order valence-electron chi connectivity index (χ4n) is 2.44. The van der Waals surface area contributed by atoms with Crippen LogP contribution in [0.3, 0.4) is 0 Å². The third-order valence-electron chi connectivity index (χ3n) is 3.82. The molecular weight excluding hydrogens is 268 g/mol. The first-order valence-electron chi connectivity index (χ1n) is 7.63. The summed E-state index contributed by atoms with van der Waals surface area (Å²) in [6, 6.07) is 5.66. The summed E-state index contributed by atoms with van der Waals surface area (Å²) in [7, 11) is 0. The minimum Gasteiger partial charge on any atom is -0.486 e. The molecule has 116 valence electrons. The highest BCUT2D eigenvalue weighted by Gasteiger charge is 2.18. The Balaban J connectivity index is 1.89. The Bertz CT molecular complexity index is 490. The van der Waals surface area contributed by atoms with Gasteiger partial charge in [0, 0.05) is 0 Å². The molecular formula is C16H24N2O3. The summed E-state index contributed by atoms with van der Waals surface area (Å²) in [5, 5.41) is 15.4. The van der Waals surface area contributed by atoms with Crippen LogP contribution in [0.15, 0.2) is 18.2 Å². The molecule has 3 N–H and O–H groups in total. The fourth-order valence-corrected chi connectivity index (χ4v) is 2.44. The first-order chi connectivity index (χ1) is 10.1. The number of ether oxygens (including phenoxy) is 1. The molecule has 2 atom stereocenters. The van der Waals surface area contributed by atoms with Gasteiger partial charge < -0.3 is 20.5 Å². The second-order valence-electron chi connectivity index (χ2n) is 5.36. The number of hydrogen-bond donors (Lipinski definition) is 3. The zero-order valence-corrected chi connectivity index (χ0v) is 12.7. The molecule has 2 rings (SSSR count). The van der Waals surface area contributed by atoms with Gasteiger partial charge in [-0.1, -0.05) is 19.9 Å². The molecule has 0 spiro atoms. The number of hydrogen-bond acceptors (Lipinski definition) is 4. The number of aliphatic carboxylic acids is 1. The predicted molar refractivity (Wildman–Crippen MR) is 83.1 cm³/mol. The van der Waals surface area contributed by atoms with E-state index in [-0.39, 0.29) is 6.10 Å². The van der Waals surface area contributed by atoms with Gasteiger partial charge in [0.1, 0.15) is 17.9 Å². The van der Waals surface area contributed by atoms with Crippen LogP contribution in [-0.2, 0) is 11.2 Å². The van der Waals surface area contributed by atoms with Gasteiger partial charge in [0.2, 0.25) is 0 Å². The number of fused-ring (bicyclic) bond motifs is 1. The summed E-state index contributed by atoms with van der Waals surface area (Å²) in [6.45, 7) is 5.48. The molecule has 5 heteroatoms. The van der Waals surface area contributed by atoms with Gasteiger partial charge in [0.05, 0.1) is 12.2 Å². The van der Waals surface area contributed by atoms with Crippen LogP contribution in [0.1, 0.15) is 32.3 Å². The number of carboxylic acid groups (broad SMARTS) is 1. The SMILES string of the molecule is CCC1CNc2cc(CCNC(CC)C(=O)O)ccc2O1. The van der Waals surface area contributed by atoms with Crippen LogP contribution < -0.4 is 15.4 Å². The molecule has 0 amide bonds. The van der Waals surface area contributed by atoms with Gasteiger partial charge >= 0.3 is 5.97 Å². The van der Waals surface area contributed by atoms with E-state index in [2.05, 4.69) is 23.6 Å². The summed E-state index contributed by atoms with van der Waals surface area (Å²) in [4.78, 5) is 10.9. The Kier molecular flexibility index (Phi) is 5.44. The van der Waals surface area contributed by atoms with E-state index < -0.39 is 12.0 Å². The van der Waals surface area contributed by atoms with E-state index in [1.54, 1.807) is 0 Å². The Morgan fingerprint density at radius 2 is 2.33 bits per heavy atom. The highest BCUT2D eigenvalue weighted by Crippen LogP contribution is 2.30. The van der Waals surface area contributed by atoms with Gasteiger partial charge in [-0.25, -0.2) is 0 Å². The van der Waals surface area contributed by atoms with Crippen LogP contribution >= 0.6 is 0 Å². The van der Waals surface area contributed by atoms with E-state index in [1.807, 2.05) is 19.1 Å². The summed E-state index contributed by atoms with van der Waals surface area (Å²) in [5.74, 6) is 0.116. The Morgan fingerprint density at radius 1 is 1.52 bits per heavy atom. The molecule has 0 saturated heterocycles.